The Morgan fingerprint density at radius 3 is 1.87 bits per heavy atom. The molecular formula is C52H33NS2. The Morgan fingerprint density at radius 1 is 0.509 bits per heavy atom. The Bertz CT molecular complexity index is 3150. The fourth-order valence-corrected chi connectivity index (χ4v) is 10.5. The summed E-state index contributed by atoms with van der Waals surface area (Å²) < 4.78 is 5.32. The second-order valence-electron chi connectivity index (χ2n) is 14.2. The third-order valence-electron chi connectivity index (χ3n) is 11.0. The van der Waals surface area contributed by atoms with Crippen molar-refractivity contribution in [2.45, 2.75) is 12.8 Å². The smallest absolute Gasteiger partial charge is 0.0543 e. The van der Waals surface area contributed by atoms with Gasteiger partial charge in [0.05, 0.1) is 5.69 Å². The average molecular weight is 736 g/mol. The van der Waals surface area contributed by atoms with Crippen LogP contribution in [-0.2, 0) is 0 Å². The van der Waals surface area contributed by atoms with Crippen LogP contribution in [0.5, 0.6) is 0 Å². The van der Waals surface area contributed by atoms with Gasteiger partial charge in [0.15, 0.2) is 0 Å². The second-order valence-corrected chi connectivity index (χ2v) is 16.4. The zero-order chi connectivity index (χ0) is 36.3. The van der Waals surface area contributed by atoms with E-state index in [4.69, 9.17) is 0 Å². The van der Waals surface area contributed by atoms with E-state index in [1.807, 2.05) is 28.7 Å². The van der Waals surface area contributed by atoms with Gasteiger partial charge in [0.2, 0.25) is 0 Å². The number of nitrogens with zero attached hydrogens (tertiary/aromatic N) is 1. The third-order valence-corrected chi connectivity index (χ3v) is 13.3. The maximum atomic E-state index is 3.52. The van der Waals surface area contributed by atoms with E-state index < -0.39 is 0 Å². The number of hydrogen-bond donors (Lipinski definition) is 0. The van der Waals surface area contributed by atoms with Gasteiger partial charge in [-0.2, -0.15) is 0 Å². The first-order valence-electron chi connectivity index (χ1n) is 18.8. The lowest BCUT2D eigenvalue weighted by atomic mass is 9.94. The Hall–Kier alpha value is -6.44. The highest BCUT2D eigenvalue weighted by Crippen LogP contribution is 2.44. The molecule has 2 aromatic heterocycles. The van der Waals surface area contributed by atoms with Crippen LogP contribution >= 0.6 is 22.7 Å². The Kier molecular flexibility index (Phi) is 7.66. The predicted octanol–water partition coefficient (Wildman–Crippen LogP) is 15.4. The zero-order valence-corrected chi connectivity index (χ0v) is 31.6. The molecule has 0 saturated heterocycles. The minimum atomic E-state index is 0.927. The molecule has 1 aliphatic rings. The van der Waals surface area contributed by atoms with Gasteiger partial charge in [-0.25, -0.2) is 0 Å². The molecule has 0 aliphatic heterocycles. The summed E-state index contributed by atoms with van der Waals surface area (Å²) >= 11 is 3.73. The van der Waals surface area contributed by atoms with Gasteiger partial charge in [0.1, 0.15) is 0 Å². The number of rotatable bonds is 6. The molecule has 0 unspecified atom stereocenters. The molecule has 0 bridgehead atoms. The fourth-order valence-electron chi connectivity index (χ4n) is 8.33. The van der Waals surface area contributed by atoms with E-state index in [0.717, 1.165) is 40.7 Å². The highest BCUT2D eigenvalue weighted by molar-refractivity contribution is 7.26. The van der Waals surface area contributed by atoms with Crippen molar-refractivity contribution in [2.24, 2.45) is 0 Å². The van der Waals surface area contributed by atoms with Gasteiger partial charge < -0.3 is 4.90 Å². The normalized spacial score (nSPS) is 13.0. The molecule has 0 radical (unpaired) electrons. The largest absolute Gasteiger partial charge is 0.314 e. The third kappa shape index (κ3) is 5.53. The SMILES string of the molecule is c1cc2ccccc2c(-c2ccccc2N(C2=CC(c3ccc4sc5ccccc5c4c3)=CCC2)c2ccc(-c3ccc4sc5ccccc5c4c3)cc2)c#1. The quantitative estimate of drug-likeness (QED) is 0.164. The van der Waals surface area contributed by atoms with Crippen molar-refractivity contribution in [3.63, 3.8) is 0 Å². The van der Waals surface area contributed by atoms with Crippen LogP contribution in [0, 0.1) is 12.1 Å². The molecule has 1 nitrogen and oxygen atoms in total. The summed E-state index contributed by atoms with van der Waals surface area (Å²) in [6.07, 6.45) is 6.71. The molecule has 55 heavy (non-hydrogen) atoms. The van der Waals surface area contributed by atoms with Gasteiger partial charge >= 0.3 is 0 Å². The molecule has 8 aromatic carbocycles. The van der Waals surface area contributed by atoms with Crippen LogP contribution in [0.3, 0.4) is 0 Å². The minimum absolute atomic E-state index is 0.927. The van der Waals surface area contributed by atoms with Gasteiger partial charge in [-0.3, -0.25) is 0 Å². The van der Waals surface area contributed by atoms with E-state index in [-0.39, 0.29) is 0 Å². The molecule has 0 spiro atoms. The molecular weight excluding hydrogens is 703 g/mol. The van der Waals surface area contributed by atoms with Crippen molar-refractivity contribution in [2.75, 3.05) is 4.90 Å². The molecule has 258 valence electrons. The topological polar surface area (TPSA) is 3.24 Å². The van der Waals surface area contributed by atoms with Crippen molar-refractivity contribution >= 4 is 90.7 Å². The van der Waals surface area contributed by atoms with Crippen LogP contribution in [0.2, 0.25) is 0 Å². The summed E-state index contributed by atoms with van der Waals surface area (Å²) in [6.45, 7) is 0. The summed E-state index contributed by atoms with van der Waals surface area (Å²) in [4.78, 5) is 2.48. The van der Waals surface area contributed by atoms with Crippen LogP contribution < -0.4 is 4.90 Å². The van der Waals surface area contributed by atoms with Gasteiger partial charge in [-0.1, -0.05) is 121 Å². The van der Waals surface area contributed by atoms with Crippen molar-refractivity contribution < 1.29 is 0 Å². The first-order valence-corrected chi connectivity index (χ1v) is 20.4. The van der Waals surface area contributed by atoms with Crippen molar-refractivity contribution in [3.8, 4) is 22.3 Å². The molecule has 3 heteroatoms. The van der Waals surface area contributed by atoms with E-state index in [9.17, 15) is 0 Å². The number of thiophene rings is 2. The number of hydrogen-bond acceptors (Lipinski definition) is 3. The molecule has 10 aromatic rings. The van der Waals surface area contributed by atoms with Crippen molar-refractivity contribution in [3.05, 3.63) is 199 Å². The number of fused-ring (bicyclic) bond motifs is 7. The van der Waals surface area contributed by atoms with E-state index in [1.165, 1.54) is 73.7 Å². The number of benzene rings is 7. The van der Waals surface area contributed by atoms with Gasteiger partial charge in [0, 0.05) is 62.9 Å². The Balaban J connectivity index is 1.05. The highest BCUT2D eigenvalue weighted by atomic mass is 32.1. The van der Waals surface area contributed by atoms with Crippen LogP contribution in [0.25, 0.3) is 78.9 Å². The number of anilines is 2. The first-order chi connectivity index (χ1) is 27.2. The van der Waals surface area contributed by atoms with Crippen molar-refractivity contribution in [1.82, 2.24) is 0 Å². The van der Waals surface area contributed by atoms with Crippen LogP contribution in [0.1, 0.15) is 18.4 Å². The van der Waals surface area contributed by atoms with Crippen LogP contribution in [0.15, 0.2) is 182 Å². The van der Waals surface area contributed by atoms with Crippen molar-refractivity contribution in [1.29, 1.82) is 0 Å². The summed E-state index contributed by atoms with van der Waals surface area (Å²) in [5, 5.41) is 7.64. The minimum Gasteiger partial charge on any atom is -0.314 e. The molecule has 0 saturated carbocycles. The van der Waals surface area contributed by atoms with E-state index in [0.29, 0.717) is 0 Å². The lowest BCUT2D eigenvalue weighted by molar-refractivity contribution is 0.922. The fraction of sp³-hybridized carbons (Fsp3) is 0.0385. The maximum absolute atomic E-state index is 3.52. The van der Waals surface area contributed by atoms with Crippen LogP contribution in [0.4, 0.5) is 11.4 Å². The van der Waals surface area contributed by atoms with E-state index in [1.54, 1.807) is 0 Å². The average Bonchev–Trinajstić information content (AvgIpc) is 3.82. The molecule has 0 N–H and O–H groups in total. The summed E-state index contributed by atoms with van der Waals surface area (Å²) in [7, 11) is 0. The first kappa shape index (κ1) is 32.0. The second kappa shape index (κ2) is 13.1. The number of para-hydroxylation sites is 1. The molecule has 0 atom stereocenters. The summed E-state index contributed by atoms with van der Waals surface area (Å²) in [6, 6.07) is 66.8. The zero-order valence-electron chi connectivity index (χ0n) is 29.9. The maximum Gasteiger partial charge on any atom is 0.0543 e. The molecule has 2 heterocycles. The molecule has 1 aliphatic carbocycles. The molecule has 0 fully saturated rings. The summed E-state index contributed by atoms with van der Waals surface area (Å²) in [5.74, 6) is 0. The van der Waals surface area contributed by atoms with Gasteiger partial charge in [-0.15, -0.1) is 22.7 Å². The Labute approximate surface area is 328 Å². The highest BCUT2D eigenvalue weighted by Gasteiger charge is 2.22. The van der Waals surface area contributed by atoms with Gasteiger partial charge in [0.25, 0.3) is 0 Å². The van der Waals surface area contributed by atoms with Crippen LogP contribution in [-0.4, -0.2) is 0 Å². The van der Waals surface area contributed by atoms with E-state index >= 15 is 0 Å². The van der Waals surface area contributed by atoms with E-state index in [2.05, 4.69) is 187 Å². The summed E-state index contributed by atoms with van der Waals surface area (Å²) in [5.41, 5.74) is 10.7. The number of allylic oxidation sites excluding steroid dienone is 4. The van der Waals surface area contributed by atoms with Gasteiger partial charge in [-0.05, 0) is 113 Å². The predicted molar refractivity (Wildman–Crippen MR) is 239 cm³/mol. The monoisotopic (exact) mass is 735 g/mol. The lowest BCUT2D eigenvalue weighted by Gasteiger charge is -2.32. The standard InChI is InChI=1S/C52H33NS2/c1-2-15-41-35(11-1)12-10-19-42(41)43-16-3-6-20-48(43)53(39-27-23-34(24-28-39)37-25-29-51-46(32-37)44-17-4-7-21-49(44)54-51)40-14-9-13-36(31-40)38-26-30-52-47(33-38)45-18-5-8-22-50(45)55-52/h1-8,11-13,15-18,20-33H,9,14H2. The Morgan fingerprint density at radius 2 is 1.11 bits per heavy atom. The lowest BCUT2D eigenvalue weighted by Crippen LogP contribution is -2.18. The molecule has 0 amide bonds. The molecule has 11 rings (SSSR count).